The van der Waals surface area contributed by atoms with Gasteiger partial charge in [-0.05, 0) is 36.5 Å². The molecule has 1 amide bonds. The van der Waals surface area contributed by atoms with Crippen molar-refractivity contribution in [3.8, 4) is 0 Å². The quantitative estimate of drug-likeness (QED) is 0.607. The van der Waals surface area contributed by atoms with Crippen LogP contribution in [-0.4, -0.2) is 17.8 Å². The highest BCUT2D eigenvalue weighted by Crippen LogP contribution is 2.07. The number of carbonyl (C=O) groups is 1. The largest absolute Gasteiger partial charge is 0.356 e. The van der Waals surface area contributed by atoms with E-state index in [2.05, 4.69) is 28.2 Å². The van der Waals surface area contributed by atoms with Crippen molar-refractivity contribution in [3.63, 3.8) is 0 Å². The molecule has 0 spiro atoms. The summed E-state index contributed by atoms with van der Waals surface area (Å²) in [5.41, 5.74) is 0.836. The fourth-order valence-corrected chi connectivity index (χ4v) is 1.93. The predicted octanol–water partition coefficient (Wildman–Crippen LogP) is 3.30. The molecule has 1 aromatic rings. The number of rotatable bonds is 7. The number of halogens is 2. The van der Waals surface area contributed by atoms with Crippen molar-refractivity contribution in [2.24, 2.45) is 5.92 Å². The Labute approximate surface area is 116 Å². The minimum atomic E-state index is -0.275. The molecule has 0 bridgehead atoms. The molecule has 0 aliphatic rings. The van der Waals surface area contributed by atoms with Gasteiger partial charge < -0.3 is 5.32 Å². The third kappa shape index (κ3) is 6.15. The highest BCUT2D eigenvalue weighted by Gasteiger charge is 2.04. The van der Waals surface area contributed by atoms with Crippen LogP contribution in [0.1, 0.15) is 25.3 Å². The molecule has 0 aliphatic heterocycles. The summed E-state index contributed by atoms with van der Waals surface area (Å²) in [5.74, 6) is 0.357. The third-order valence-corrected chi connectivity index (χ3v) is 3.84. The van der Waals surface area contributed by atoms with Crippen molar-refractivity contribution in [2.45, 2.75) is 26.2 Å². The van der Waals surface area contributed by atoms with Crippen molar-refractivity contribution >= 4 is 21.8 Å². The van der Waals surface area contributed by atoms with Crippen molar-refractivity contribution in [1.29, 1.82) is 0 Å². The van der Waals surface area contributed by atoms with Crippen LogP contribution in [0.2, 0.25) is 0 Å². The number of benzene rings is 1. The number of nitrogens with one attached hydrogen (secondary N) is 1. The molecule has 1 atom stereocenters. The smallest absolute Gasteiger partial charge is 0.224 e. The summed E-state index contributed by atoms with van der Waals surface area (Å²) in [6.07, 6.45) is 2.40. The molecule has 1 N–H and O–H groups in total. The van der Waals surface area contributed by atoms with Crippen molar-refractivity contribution in [1.82, 2.24) is 5.32 Å². The maximum absolute atomic E-state index is 12.7. The van der Waals surface area contributed by atoms with Gasteiger partial charge in [-0.1, -0.05) is 35.0 Å². The Morgan fingerprint density at radius 2 is 2.06 bits per heavy atom. The molecule has 0 saturated heterocycles. The SMILES string of the molecule is CC(CBr)CCCNC(=O)Cc1ccc(F)cc1. The molecule has 0 aliphatic carbocycles. The Bertz CT molecular complexity index is 367. The van der Waals surface area contributed by atoms with Crippen LogP contribution in [0.3, 0.4) is 0 Å². The molecule has 2 nitrogen and oxygen atoms in total. The van der Waals surface area contributed by atoms with Gasteiger partial charge in [-0.15, -0.1) is 0 Å². The number of carbonyl (C=O) groups excluding carboxylic acids is 1. The van der Waals surface area contributed by atoms with Gasteiger partial charge in [0.25, 0.3) is 0 Å². The van der Waals surface area contributed by atoms with Crippen molar-refractivity contribution < 1.29 is 9.18 Å². The van der Waals surface area contributed by atoms with E-state index in [4.69, 9.17) is 0 Å². The predicted molar refractivity (Wildman–Crippen MR) is 75.3 cm³/mol. The molecule has 0 fully saturated rings. The Balaban J connectivity index is 2.19. The Morgan fingerprint density at radius 1 is 1.39 bits per heavy atom. The molecular weight excluding hydrogens is 297 g/mol. The monoisotopic (exact) mass is 315 g/mol. The van der Waals surface area contributed by atoms with Crippen LogP contribution in [0.15, 0.2) is 24.3 Å². The zero-order valence-electron chi connectivity index (χ0n) is 10.6. The van der Waals surface area contributed by atoms with Gasteiger partial charge in [-0.25, -0.2) is 4.39 Å². The second-order valence-electron chi connectivity index (χ2n) is 4.55. The molecule has 1 rings (SSSR count). The number of alkyl halides is 1. The lowest BCUT2D eigenvalue weighted by Crippen LogP contribution is -2.26. The maximum atomic E-state index is 12.7. The fraction of sp³-hybridized carbons (Fsp3) is 0.500. The molecule has 0 saturated carbocycles. The molecule has 18 heavy (non-hydrogen) atoms. The average molecular weight is 316 g/mol. The van der Waals surface area contributed by atoms with E-state index < -0.39 is 0 Å². The van der Waals surface area contributed by atoms with E-state index >= 15 is 0 Å². The second kappa shape index (κ2) is 8.25. The zero-order chi connectivity index (χ0) is 13.4. The van der Waals surface area contributed by atoms with E-state index in [-0.39, 0.29) is 11.7 Å². The van der Waals surface area contributed by atoms with Crippen LogP contribution in [0.25, 0.3) is 0 Å². The van der Waals surface area contributed by atoms with Crippen LogP contribution < -0.4 is 5.32 Å². The first-order valence-electron chi connectivity index (χ1n) is 6.19. The van der Waals surface area contributed by atoms with Crippen LogP contribution in [0.4, 0.5) is 4.39 Å². The minimum Gasteiger partial charge on any atom is -0.356 e. The lowest BCUT2D eigenvalue weighted by atomic mass is 10.1. The first kappa shape index (κ1) is 15.2. The van der Waals surface area contributed by atoms with Gasteiger partial charge in [-0.2, -0.15) is 0 Å². The summed E-state index contributed by atoms with van der Waals surface area (Å²) in [4.78, 5) is 11.6. The second-order valence-corrected chi connectivity index (χ2v) is 5.20. The Kier molecular flexibility index (Phi) is 6.94. The molecule has 4 heteroatoms. The summed E-state index contributed by atoms with van der Waals surface area (Å²) >= 11 is 3.43. The molecule has 1 unspecified atom stereocenters. The molecule has 1 aromatic carbocycles. The summed E-state index contributed by atoms with van der Waals surface area (Å²) in [6.45, 7) is 2.88. The van der Waals surface area contributed by atoms with Crippen LogP contribution in [0, 0.1) is 11.7 Å². The third-order valence-electron chi connectivity index (χ3n) is 2.74. The van der Waals surface area contributed by atoms with Crippen LogP contribution in [-0.2, 0) is 11.2 Å². The van der Waals surface area contributed by atoms with Crippen LogP contribution >= 0.6 is 15.9 Å². The number of hydrogen-bond acceptors (Lipinski definition) is 1. The molecule has 0 aromatic heterocycles. The first-order chi connectivity index (χ1) is 8.61. The molecule has 100 valence electrons. The minimum absolute atomic E-state index is 0.00639. The van der Waals surface area contributed by atoms with Gasteiger partial charge in [0.15, 0.2) is 0 Å². The summed E-state index contributed by atoms with van der Waals surface area (Å²) in [6, 6.07) is 6.03. The highest BCUT2D eigenvalue weighted by molar-refractivity contribution is 9.09. The lowest BCUT2D eigenvalue weighted by molar-refractivity contribution is -0.120. The lowest BCUT2D eigenvalue weighted by Gasteiger charge is -2.08. The van der Waals surface area contributed by atoms with Gasteiger partial charge in [0.1, 0.15) is 5.82 Å². The van der Waals surface area contributed by atoms with Gasteiger partial charge in [0.2, 0.25) is 5.91 Å². The normalized spacial score (nSPS) is 12.2. The van der Waals surface area contributed by atoms with E-state index in [0.29, 0.717) is 18.9 Å². The van der Waals surface area contributed by atoms with E-state index in [1.807, 2.05) is 0 Å². The summed E-state index contributed by atoms with van der Waals surface area (Å²) < 4.78 is 12.7. The van der Waals surface area contributed by atoms with Gasteiger partial charge in [-0.3, -0.25) is 4.79 Å². The topological polar surface area (TPSA) is 29.1 Å². The van der Waals surface area contributed by atoms with Gasteiger partial charge in [0, 0.05) is 11.9 Å². The number of amides is 1. The van der Waals surface area contributed by atoms with E-state index in [9.17, 15) is 9.18 Å². The first-order valence-corrected chi connectivity index (χ1v) is 7.31. The zero-order valence-corrected chi connectivity index (χ0v) is 12.2. The Hall–Kier alpha value is -0.900. The maximum Gasteiger partial charge on any atom is 0.224 e. The van der Waals surface area contributed by atoms with Gasteiger partial charge in [0.05, 0.1) is 6.42 Å². The standard InChI is InChI=1S/C14H19BrFNO/c1-11(10-15)3-2-8-17-14(18)9-12-4-6-13(16)7-5-12/h4-7,11H,2-3,8-10H2,1H3,(H,17,18). The summed E-state index contributed by atoms with van der Waals surface area (Å²) in [7, 11) is 0. The highest BCUT2D eigenvalue weighted by atomic mass is 79.9. The van der Waals surface area contributed by atoms with E-state index in [1.165, 1.54) is 12.1 Å². The average Bonchev–Trinajstić information content (AvgIpc) is 2.37. The molecule has 0 radical (unpaired) electrons. The molecule has 0 heterocycles. The molecular formula is C14H19BrFNO. The van der Waals surface area contributed by atoms with E-state index in [1.54, 1.807) is 12.1 Å². The van der Waals surface area contributed by atoms with Gasteiger partial charge >= 0.3 is 0 Å². The fourth-order valence-electron chi connectivity index (χ4n) is 1.61. The van der Waals surface area contributed by atoms with E-state index in [0.717, 1.165) is 23.7 Å². The van der Waals surface area contributed by atoms with Crippen molar-refractivity contribution in [3.05, 3.63) is 35.6 Å². The van der Waals surface area contributed by atoms with Crippen LogP contribution in [0.5, 0.6) is 0 Å². The summed E-state index contributed by atoms with van der Waals surface area (Å²) in [5, 5.41) is 3.87. The van der Waals surface area contributed by atoms with Crippen molar-refractivity contribution in [2.75, 3.05) is 11.9 Å². The Morgan fingerprint density at radius 3 is 2.67 bits per heavy atom. The number of hydrogen-bond donors (Lipinski definition) is 1.